The molecule has 2 rings (SSSR count). The molecular formula is C16H15ClF2N2S. The molecule has 0 aliphatic rings. The third-order valence-electron chi connectivity index (χ3n) is 3.02. The zero-order valence-corrected chi connectivity index (χ0v) is 13.3. The number of nitrogens with one attached hydrogen (secondary N) is 2. The van der Waals surface area contributed by atoms with Crippen LogP contribution < -0.4 is 10.6 Å². The van der Waals surface area contributed by atoms with Gasteiger partial charge in [0, 0.05) is 17.6 Å². The van der Waals surface area contributed by atoms with Gasteiger partial charge in [0.15, 0.2) is 5.11 Å². The van der Waals surface area contributed by atoms with Gasteiger partial charge < -0.3 is 10.6 Å². The highest BCUT2D eigenvalue weighted by Crippen LogP contribution is 2.14. The summed E-state index contributed by atoms with van der Waals surface area (Å²) in [7, 11) is 0. The summed E-state index contributed by atoms with van der Waals surface area (Å²) in [5, 5.41) is 6.72. The molecule has 0 unspecified atom stereocenters. The smallest absolute Gasteiger partial charge is 0.170 e. The number of anilines is 1. The Morgan fingerprint density at radius 2 is 1.82 bits per heavy atom. The third kappa shape index (κ3) is 5.24. The van der Waals surface area contributed by atoms with Gasteiger partial charge in [-0.15, -0.1) is 0 Å². The first-order valence-electron chi connectivity index (χ1n) is 6.79. The zero-order chi connectivity index (χ0) is 15.9. The van der Waals surface area contributed by atoms with E-state index in [-0.39, 0.29) is 5.69 Å². The van der Waals surface area contributed by atoms with Crippen molar-refractivity contribution in [1.82, 2.24) is 5.32 Å². The van der Waals surface area contributed by atoms with E-state index in [9.17, 15) is 8.78 Å². The van der Waals surface area contributed by atoms with Gasteiger partial charge in [0.2, 0.25) is 0 Å². The van der Waals surface area contributed by atoms with E-state index in [1.54, 1.807) is 0 Å². The van der Waals surface area contributed by atoms with Gasteiger partial charge >= 0.3 is 0 Å². The standard InChI is InChI=1S/C16H15ClF2N2S/c17-12-5-3-11(4-6-12)2-1-9-20-16(22)21-15-8-7-13(18)10-14(15)19/h3-8,10H,1-2,9H2,(H2,20,21,22). The monoisotopic (exact) mass is 340 g/mol. The second-order valence-corrected chi connectivity index (χ2v) is 5.58. The summed E-state index contributed by atoms with van der Waals surface area (Å²) in [5.41, 5.74) is 1.34. The van der Waals surface area contributed by atoms with Gasteiger partial charge in [-0.3, -0.25) is 0 Å². The highest BCUT2D eigenvalue weighted by molar-refractivity contribution is 7.80. The molecule has 6 heteroatoms. The molecule has 0 aliphatic heterocycles. The second-order valence-electron chi connectivity index (χ2n) is 4.74. The largest absolute Gasteiger partial charge is 0.362 e. The first-order chi connectivity index (χ1) is 10.5. The maximum Gasteiger partial charge on any atom is 0.170 e. The van der Waals surface area contributed by atoms with Crippen LogP contribution in [-0.4, -0.2) is 11.7 Å². The van der Waals surface area contributed by atoms with E-state index in [0.717, 1.165) is 18.9 Å². The van der Waals surface area contributed by atoms with Crippen molar-refractivity contribution in [2.45, 2.75) is 12.8 Å². The lowest BCUT2D eigenvalue weighted by atomic mass is 10.1. The third-order valence-corrected chi connectivity index (χ3v) is 3.52. The number of benzene rings is 2. The maximum atomic E-state index is 13.5. The van der Waals surface area contributed by atoms with Crippen molar-refractivity contribution in [3.8, 4) is 0 Å². The summed E-state index contributed by atoms with van der Waals surface area (Å²) in [5.74, 6) is -1.30. The minimum absolute atomic E-state index is 0.150. The minimum Gasteiger partial charge on any atom is -0.362 e. The van der Waals surface area contributed by atoms with Crippen molar-refractivity contribution in [3.05, 3.63) is 64.7 Å². The molecule has 2 aromatic rings. The van der Waals surface area contributed by atoms with E-state index in [1.165, 1.54) is 17.7 Å². The normalized spacial score (nSPS) is 10.3. The van der Waals surface area contributed by atoms with E-state index < -0.39 is 11.6 Å². The SMILES string of the molecule is Fc1ccc(NC(=S)NCCCc2ccc(Cl)cc2)c(F)c1. The highest BCUT2D eigenvalue weighted by Gasteiger charge is 2.05. The second kappa shape index (κ2) is 8.06. The van der Waals surface area contributed by atoms with Crippen LogP contribution in [0.1, 0.15) is 12.0 Å². The molecule has 0 bridgehead atoms. The molecule has 22 heavy (non-hydrogen) atoms. The summed E-state index contributed by atoms with van der Waals surface area (Å²) in [6.45, 7) is 0.650. The Bertz CT molecular complexity index is 647. The molecular weight excluding hydrogens is 326 g/mol. The molecule has 0 aromatic heterocycles. The fourth-order valence-electron chi connectivity index (χ4n) is 1.90. The fraction of sp³-hybridized carbons (Fsp3) is 0.188. The van der Waals surface area contributed by atoms with Crippen LogP contribution in [0.5, 0.6) is 0 Å². The van der Waals surface area contributed by atoms with Crippen LogP contribution in [0.4, 0.5) is 14.5 Å². The van der Waals surface area contributed by atoms with Gasteiger partial charge in [-0.2, -0.15) is 0 Å². The molecule has 2 nitrogen and oxygen atoms in total. The Morgan fingerprint density at radius 3 is 2.50 bits per heavy atom. The van der Waals surface area contributed by atoms with Crippen molar-refractivity contribution < 1.29 is 8.78 Å². The van der Waals surface area contributed by atoms with E-state index in [4.69, 9.17) is 23.8 Å². The summed E-state index contributed by atoms with van der Waals surface area (Å²) in [6.07, 6.45) is 1.76. The first-order valence-corrected chi connectivity index (χ1v) is 7.57. The first kappa shape index (κ1) is 16.6. The predicted octanol–water partition coefficient (Wildman–Crippen LogP) is 4.54. The fourth-order valence-corrected chi connectivity index (χ4v) is 2.24. The minimum atomic E-state index is -0.676. The van der Waals surface area contributed by atoms with Gasteiger partial charge in [-0.05, 0) is 54.9 Å². The van der Waals surface area contributed by atoms with Crippen LogP contribution in [-0.2, 0) is 6.42 Å². The van der Waals surface area contributed by atoms with E-state index in [0.29, 0.717) is 16.7 Å². The Labute approximate surface area is 138 Å². The Morgan fingerprint density at radius 1 is 1.09 bits per heavy atom. The van der Waals surface area contributed by atoms with Crippen molar-refractivity contribution in [2.24, 2.45) is 0 Å². The van der Waals surface area contributed by atoms with Crippen LogP contribution in [0.15, 0.2) is 42.5 Å². The zero-order valence-electron chi connectivity index (χ0n) is 11.7. The van der Waals surface area contributed by atoms with Crippen LogP contribution in [0.2, 0.25) is 5.02 Å². The number of aryl methyl sites for hydroxylation is 1. The molecule has 0 saturated heterocycles. The van der Waals surface area contributed by atoms with Gasteiger partial charge in [0.05, 0.1) is 5.69 Å². The van der Waals surface area contributed by atoms with Gasteiger partial charge in [-0.1, -0.05) is 23.7 Å². The van der Waals surface area contributed by atoms with Gasteiger partial charge in [0.1, 0.15) is 11.6 Å². The summed E-state index contributed by atoms with van der Waals surface area (Å²) >= 11 is 10.9. The Hall–Kier alpha value is -1.72. The molecule has 0 aliphatic carbocycles. The lowest BCUT2D eigenvalue weighted by Gasteiger charge is -2.11. The molecule has 2 N–H and O–H groups in total. The van der Waals surface area contributed by atoms with Crippen LogP contribution in [0, 0.1) is 11.6 Å². The highest BCUT2D eigenvalue weighted by atomic mass is 35.5. The van der Waals surface area contributed by atoms with Crippen LogP contribution >= 0.6 is 23.8 Å². The van der Waals surface area contributed by atoms with Gasteiger partial charge in [-0.25, -0.2) is 8.78 Å². The summed E-state index contributed by atoms with van der Waals surface area (Å²) < 4.78 is 26.2. The molecule has 0 radical (unpaired) electrons. The average molecular weight is 341 g/mol. The Balaban J connectivity index is 1.72. The molecule has 0 atom stereocenters. The Kier molecular flexibility index (Phi) is 6.10. The topological polar surface area (TPSA) is 24.1 Å². The molecule has 0 heterocycles. The van der Waals surface area contributed by atoms with Gasteiger partial charge in [0.25, 0.3) is 0 Å². The molecule has 0 amide bonds. The summed E-state index contributed by atoms with van der Waals surface area (Å²) in [4.78, 5) is 0. The molecule has 2 aromatic carbocycles. The molecule has 116 valence electrons. The van der Waals surface area contributed by atoms with Crippen LogP contribution in [0.3, 0.4) is 0 Å². The number of hydrogen-bond donors (Lipinski definition) is 2. The maximum absolute atomic E-state index is 13.5. The van der Waals surface area contributed by atoms with E-state index in [2.05, 4.69) is 10.6 Å². The lowest BCUT2D eigenvalue weighted by molar-refractivity contribution is 0.586. The average Bonchev–Trinajstić information content (AvgIpc) is 2.48. The van der Waals surface area contributed by atoms with Crippen LogP contribution in [0.25, 0.3) is 0 Å². The quantitative estimate of drug-likeness (QED) is 0.617. The summed E-state index contributed by atoms with van der Waals surface area (Å²) in [6, 6.07) is 11.0. The number of thiocarbonyl (C=S) groups is 1. The van der Waals surface area contributed by atoms with E-state index >= 15 is 0 Å². The van der Waals surface area contributed by atoms with Crippen molar-refractivity contribution in [2.75, 3.05) is 11.9 Å². The molecule has 0 fully saturated rings. The molecule has 0 spiro atoms. The number of halogens is 3. The lowest BCUT2D eigenvalue weighted by Crippen LogP contribution is -2.29. The number of hydrogen-bond acceptors (Lipinski definition) is 1. The van der Waals surface area contributed by atoms with E-state index in [1.807, 2.05) is 24.3 Å². The number of rotatable bonds is 5. The van der Waals surface area contributed by atoms with Crippen molar-refractivity contribution in [3.63, 3.8) is 0 Å². The molecule has 0 saturated carbocycles. The predicted molar refractivity (Wildman–Crippen MR) is 90.4 cm³/mol. The van der Waals surface area contributed by atoms with Crippen molar-refractivity contribution in [1.29, 1.82) is 0 Å². The van der Waals surface area contributed by atoms with Crippen molar-refractivity contribution >= 4 is 34.6 Å².